The molecule has 0 fully saturated rings. The highest BCUT2D eigenvalue weighted by atomic mass is 16.5. The van der Waals surface area contributed by atoms with E-state index in [0.29, 0.717) is 25.2 Å². The molecule has 0 aliphatic heterocycles. The third-order valence-electron chi connectivity index (χ3n) is 7.63. The molecule has 0 saturated carbocycles. The summed E-state index contributed by atoms with van der Waals surface area (Å²) in [6.45, 7) is 6.24. The van der Waals surface area contributed by atoms with E-state index >= 15 is 0 Å². The topological polar surface area (TPSA) is 65.0 Å². The van der Waals surface area contributed by atoms with Gasteiger partial charge in [0, 0.05) is 0 Å². The highest BCUT2D eigenvalue weighted by Gasteiger charge is 2.23. The number of aryl methyl sites for hydroxylation is 1. The van der Waals surface area contributed by atoms with Crippen LogP contribution in [0.15, 0.2) is 88.1 Å². The van der Waals surface area contributed by atoms with E-state index in [2.05, 4.69) is 56.3 Å². The second-order valence-electron chi connectivity index (χ2n) is 10.4. The van der Waals surface area contributed by atoms with E-state index in [1.807, 2.05) is 24.3 Å². The van der Waals surface area contributed by atoms with Gasteiger partial charge in [-0.15, -0.1) is 0 Å². The fourth-order valence-corrected chi connectivity index (χ4v) is 5.38. The Labute approximate surface area is 230 Å². The predicted molar refractivity (Wildman–Crippen MR) is 155 cm³/mol. The van der Waals surface area contributed by atoms with E-state index in [9.17, 15) is 5.11 Å². The Morgan fingerprint density at radius 2 is 1.67 bits per heavy atom. The molecule has 1 aliphatic carbocycles. The summed E-state index contributed by atoms with van der Waals surface area (Å²) in [5.74, 6) is 2.25. The molecule has 2 aromatic heterocycles. The lowest BCUT2D eigenvalue weighted by molar-refractivity contribution is 0.0350. The van der Waals surface area contributed by atoms with Crippen LogP contribution in [0.5, 0.6) is 0 Å². The maximum atomic E-state index is 10.0. The van der Waals surface area contributed by atoms with Crippen LogP contribution >= 0.6 is 0 Å². The summed E-state index contributed by atoms with van der Waals surface area (Å²) in [5, 5.41) is 15.1. The summed E-state index contributed by atoms with van der Waals surface area (Å²) in [5.41, 5.74) is 3.94. The zero-order valence-electron chi connectivity index (χ0n) is 22.9. The quantitative estimate of drug-likeness (QED) is 0.197. The molecule has 0 spiro atoms. The van der Waals surface area contributed by atoms with Crippen LogP contribution in [0, 0.1) is 5.92 Å². The molecule has 39 heavy (non-hydrogen) atoms. The second-order valence-corrected chi connectivity index (χ2v) is 10.4. The van der Waals surface area contributed by atoms with Gasteiger partial charge in [-0.2, -0.15) is 0 Å². The second kappa shape index (κ2) is 13.1. The molecular weight excluding hydrogens is 488 g/mol. The number of hydrogen-bond donors (Lipinski definition) is 1. The van der Waals surface area contributed by atoms with Crippen LogP contribution in [-0.4, -0.2) is 17.8 Å². The Hall–Kier alpha value is -3.38. The number of benzene rings is 3. The third-order valence-corrected chi connectivity index (χ3v) is 7.63. The van der Waals surface area contributed by atoms with Gasteiger partial charge >= 0.3 is 0 Å². The molecule has 5 aromatic rings. The molecule has 5 nitrogen and oxygen atoms in total. The smallest absolute Gasteiger partial charge is 0.129 e. The van der Waals surface area contributed by atoms with Gasteiger partial charge in [-0.25, -0.2) is 0 Å². The van der Waals surface area contributed by atoms with Gasteiger partial charge in [-0.05, 0) is 107 Å². The van der Waals surface area contributed by atoms with E-state index in [4.69, 9.17) is 18.3 Å². The first-order valence-electron chi connectivity index (χ1n) is 14.0. The zero-order chi connectivity index (χ0) is 27.0. The van der Waals surface area contributed by atoms with Gasteiger partial charge in [0.2, 0.25) is 0 Å². The largest absolute Gasteiger partial charge is 0.467 e. The van der Waals surface area contributed by atoms with Crippen molar-refractivity contribution in [3.05, 3.63) is 107 Å². The molecule has 1 N–H and O–H groups in total. The van der Waals surface area contributed by atoms with E-state index < -0.39 is 0 Å². The molecule has 2 unspecified atom stereocenters. The number of hydrogen-bond acceptors (Lipinski definition) is 5. The van der Waals surface area contributed by atoms with Crippen molar-refractivity contribution in [3.63, 3.8) is 0 Å². The van der Waals surface area contributed by atoms with Crippen molar-refractivity contribution in [1.29, 1.82) is 0 Å². The van der Waals surface area contributed by atoms with E-state index in [1.165, 1.54) is 39.1 Å². The Balaban J connectivity index is 0.000000198. The van der Waals surface area contributed by atoms with Crippen molar-refractivity contribution in [2.45, 2.75) is 65.5 Å². The van der Waals surface area contributed by atoms with Crippen molar-refractivity contribution in [2.75, 3.05) is 6.61 Å². The van der Waals surface area contributed by atoms with Crippen LogP contribution in [0.3, 0.4) is 0 Å². The molecular formula is C34H38O5. The Bertz CT molecular complexity index is 1420. The number of aliphatic hydroxyl groups is 1. The number of rotatable bonds is 9. The maximum absolute atomic E-state index is 10.0. The first-order chi connectivity index (χ1) is 19.2. The van der Waals surface area contributed by atoms with Gasteiger partial charge in [-0.3, -0.25) is 0 Å². The fraction of sp³-hybridized carbons (Fsp3) is 0.353. The molecule has 3 aromatic carbocycles. The third kappa shape index (κ3) is 6.62. The van der Waals surface area contributed by atoms with E-state index in [-0.39, 0.29) is 6.61 Å². The molecule has 0 saturated heterocycles. The van der Waals surface area contributed by atoms with Crippen LogP contribution in [0.4, 0.5) is 0 Å². The van der Waals surface area contributed by atoms with E-state index in [1.54, 1.807) is 12.5 Å². The zero-order valence-corrected chi connectivity index (χ0v) is 22.9. The normalized spacial score (nSPS) is 15.6. The number of ether oxygens (including phenoxy) is 2. The van der Waals surface area contributed by atoms with E-state index in [0.717, 1.165) is 43.0 Å². The number of aliphatic hydroxyl groups excluding tert-OH is 1. The van der Waals surface area contributed by atoms with Gasteiger partial charge < -0.3 is 23.4 Å². The van der Waals surface area contributed by atoms with Gasteiger partial charge in [0.15, 0.2) is 0 Å². The monoisotopic (exact) mass is 526 g/mol. The van der Waals surface area contributed by atoms with Crippen molar-refractivity contribution < 1.29 is 23.4 Å². The predicted octanol–water partition coefficient (Wildman–Crippen LogP) is 7.99. The van der Waals surface area contributed by atoms with Gasteiger partial charge in [0.25, 0.3) is 0 Å². The van der Waals surface area contributed by atoms with Crippen molar-refractivity contribution in [3.8, 4) is 0 Å². The Morgan fingerprint density at radius 3 is 2.33 bits per heavy atom. The lowest BCUT2D eigenvalue weighted by Crippen LogP contribution is -2.22. The molecule has 0 amide bonds. The van der Waals surface area contributed by atoms with Gasteiger partial charge in [-0.1, -0.05) is 43.3 Å². The van der Waals surface area contributed by atoms with Crippen LogP contribution in [-0.2, 0) is 42.1 Å². The average molecular weight is 527 g/mol. The van der Waals surface area contributed by atoms with Crippen LogP contribution in [0.1, 0.15) is 54.9 Å². The first-order valence-corrected chi connectivity index (χ1v) is 14.0. The molecule has 6 rings (SSSR count). The van der Waals surface area contributed by atoms with Crippen LogP contribution in [0.2, 0.25) is 0 Å². The van der Waals surface area contributed by atoms with Crippen LogP contribution in [0.25, 0.3) is 21.5 Å². The Morgan fingerprint density at radius 1 is 0.923 bits per heavy atom. The fourth-order valence-electron chi connectivity index (χ4n) is 5.38. The molecule has 5 heteroatoms. The standard InChI is InChI=1S/C24H28O2.C10H10O3/c1-3-16(2)26-15-17-8-10-22-19(12-17)9-11-23-21-7-5-4-6-18(21)13-20(14-25)24(22)23;1-3-9(12-5-1)7-11-8-10-4-2-6-13-10/h4-7,9,11,13,16-17,25H,3,8,10,12,14-15H2,1-2H3;1-6H,7-8H2. The molecule has 0 bridgehead atoms. The first kappa shape index (κ1) is 27.2. The SMILES string of the molecule is CCC(C)OCC1CCc2c(ccc3c2c(CO)cc2ccccc23)C1.c1coc(COCc2ccco2)c1. The molecule has 2 heterocycles. The minimum absolute atomic E-state index is 0.0956. The highest BCUT2D eigenvalue weighted by Crippen LogP contribution is 2.37. The summed E-state index contributed by atoms with van der Waals surface area (Å²) >= 11 is 0. The summed E-state index contributed by atoms with van der Waals surface area (Å²) in [6.07, 6.45) is 8.00. The van der Waals surface area contributed by atoms with Gasteiger partial charge in [0.05, 0.1) is 31.8 Å². The minimum Gasteiger partial charge on any atom is -0.467 e. The molecule has 1 aliphatic rings. The summed E-state index contributed by atoms with van der Waals surface area (Å²) in [7, 11) is 0. The minimum atomic E-state index is 0.0956. The van der Waals surface area contributed by atoms with Crippen LogP contribution < -0.4 is 0 Å². The number of fused-ring (bicyclic) bond motifs is 5. The van der Waals surface area contributed by atoms with Crippen molar-refractivity contribution in [1.82, 2.24) is 0 Å². The average Bonchev–Trinajstić information content (AvgIpc) is 3.70. The lowest BCUT2D eigenvalue weighted by Gasteiger charge is -2.27. The highest BCUT2D eigenvalue weighted by molar-refractivity contribution is 6.10. The Kier molecular flexibility index (Phi) is 9.15. The lowest BCUT2D eigenvalue weighted by atomic mass is 9.80. The summed E-state index contributed by atoms with van der Waals surface area (Å²) in [6, 6.07) is 22.6. The number of furan rings is 2. The maximum Gasteiger partial charge on any atom is 0.129 e. The van der Waals surface area contributed by atoms with Gasteiger partial charge in [0.1, 0.15) is 24.7 Å². The summed E-state index contributed by atoms with van der Waals surface area (Å²) in [4.78, 5) is 0. The van der Waals surface area contributed by atoms with Crippen molar-refractivity contribution in [2.24, 2.45) is 5.92 Å². The summed E-state index contributed by atoms with van der Waals surface area (Å²) < 4.78 is 21.5. The molecule has 2 atom stereocenters. The van der Waals surface area contributed by atoms with Crippen molar-refractivity contribution >= 4 is 21.5 Å². The molecule has 0 radical (unpaired) electrons. The molecule has 204 valence electrons.